The van der Waals surface area contributed by atoms with Crippen LogP contribution in [-0.2, 0) is 17.8 Å². The number of carbonyl (C=O) groups excluding carboxylic acids is 1. The van der Waals surface area contributed by atoms with Gasteiger partial charge in [-0.3, -0.25) is 4.79 Å². The second-order valence-electron chi connectivity index (χ2n) is 4.53. The molecule has 0 bridgehead atoms. The smallest absolute Gasteiger partial charge is 0.234 e. The molecule has 0 aliphatic carbocycles. The molecule has 0 radical (unpaired) electrons. The lowest BCUT2D eigenvalue weighted by molar-refractivity contribution is -0.128. The maximum atomic E-state index is 12.3. The van der Waals surface area contributed by atoms with Gasteiger partial charge in [-0.15, -0.1) is 0 Å². The van der Waals surface area contributed by atoms with Crippen LogP contribution in [0.3, 0.4) is 0 Å². The van der Waals surface area contributed by atoms with E-state index in [4.69, 9.17) is 15.4 Å². The SMILES string of the molecule is CCc1cnc(CNC(=O)C(CC)(CC)C(N)=NO)o1. The van der Waals surface area contributed by atoms with E-state index in [-0.39, 0.29) is 18.3 Å². The molecule has 0 aliphatic heterocycles. The van der Waals surface area contributed by atoms with Crippen LogP contribution in [0.5, 0.6) is 0 Å². The van der Waals surface area contributed by atoms with Crippen molar-refractivity contribution in [1.29, 1.82) is 0 Å². The highest BCUT2D eigenvalue weighted by Gasteiger charge is 2.39. The molecule has 0 saturated carbocycles. The first kappa shape index (κ1) is 16.0. The summed E-state index contributed by atoms with van der Waals surface area (Å²) < 4.78 is 5.41. The lowest BCUT2D eigenvalue weighted by Gasteiger charge is -2.28. The van der Waals surface area contributed by atoms with Gasteiger partial charge in [0.15, 0.2) is 5.84 Å². The van der Waals surface area contributed by atoms with Crippen molar-refractivity contribution in [1.82, 2.24) is 10.3 Å². The van der Waals surface area contributed by atoms with Crippen LogP contribution >= 0.6 is 0 Å². The van der Waals surface area contributed by atoms with Gasteiger partial charge in [0.05, 0.1) is 12.7 Å². The lowest BCUT2D eigenvalue weighted by atomic mass is 9.80. The van der Waals surface area contributed by atoms with E-state index < -0.39 is 5.41 Å². The Morgan fingerprint density at radius 3 is 2.60 bits per heavy atom. The zero-order chi connectivity index (χ0) is 15.2. The fourth-order valence-electron chi connectivity index (χ4n) is 2.06. The summed E-state index contributed by atoms with van der Waals surface area (Å²) in [5.74, 6) is 0.828. The zero-order valence-electron chi connectivity index (χ0n) is 12.1. The number of carbonyl (C=O) groups is 1. The minimum absolute atomic E-state index is 0.0818. The molecule has 7 heteroatoms. The molecule has 112 valence electrons. The standard InChI is InChI=1S/C13H22N4O3/c1-4-9-7-15-10(20-9)8-16-12(18)13(5-2,6-3)11(14)17-19/h7,19H,4-6,8H2,1-3H3,(H2,14,17)(H,16,18). The quantitative estimate of drug-likeness (QED) is 0.303. The second kappa shape index (κ2) is 6.93. The monoisotopic (exact) mass is 282 g/mol. The first-order valence-electron chi connectivity index (χ1n) is 6.73. The number of amidine groups is 1. The molecule has 0 saturated heterocycles. The molecule has 20 heavy (non-hydrogen) atoms. The first-order chi connectivity index (χ1) is 9.53. The van der Waals surface area contributed by atoms with Crippen molar-refractivity contribution in [2.24, 2.45) is 16.3 Å². The molecule has 0 fully saturated rings. The molecule has 1 rings (SSSR count). The van der Waals surface area contributed by atoms with Crippen molar-refractivity contribution < 1.29 is 14.4 Å². The van der Waals surface area contributed by atoms with Crippen LogP contribution in [0.1, 0.15) is 45.3 Å². The second-order valence-corrected chi connectivity index (χ2v) is 4.53. The van der Waals surface area contributed by atoms with Gasteiger partial charge in [0.1, 0.15) is 11.2 Å². The number of aromatic nitrogens is 1. The molecule has 1 amide bonds. The molecule has 0 unspecified atom stereocenters. The molecule has 0 atom stereocenters. The van der Waals surface area contributed by atoms with Crippen LogP contribution in [0.25, 0.3) is 0 Å². The van der Waals surface area contributed by atoms with Crippen molar-refractivity contribution in [2.45, 2.75) is 46.6 Å². The molecule has 4 N–H and O–H groups in total. The number of oxazole rings is 1. The summed E-state index contributed by atoms with van der Waals surface area (Å²) in [4.78, 5) is 16.4. The fourth-order valence-corrected chi connectivity index (χ4v) is 2.06. The van der Waals surface area contributed by atoms with E-state index in [1.807, 2.05) is 20.8 Å². The van der Waals surface area contributed by atoms with Crippen molar-refractivity contribution in [3.8, 4) is 0 Å². The third-order valence-corrected chi connectivity index (χ3v) is 3.59. The van der Waals surface area contributed by atoms with Gasteiger partial charge in [-0.1, -0.05) is 25.9 Å². The molecule has 1 aromatic heterocycles. The predicted molar refractivity (Wildman–Crippen MR) is 74.2 cm³/mol. The third-order valence-electron chi connectivity index (χ3n) is 3.59. The maximum absolute atomic E-state index is 12.3. The Kier molecular flexibility index (Phi) is 5.54. The minimum Gasteiger partial charge on any atom is -0.444 e. The summed E-state index contributed by atoms with van der Waals surface area (Å²) in [6, 6.07) is 0. The average Bonchev–Trinajstić information content (AvgIpc) is 2.94. The maximum Gasteiger partial charge on any atom is 0.234 e. The fraction of sp³-hybridized carbons (Fsp3) is 0.615. The molecule has 0 aromatic carbocycles. The molecule has 1 aromatic rings. The number of rotatable bonds is 7. The molecule has 7 nitrogen and oxygen atoms in total. The summed E-state index contributed by atoms with van der Waals surface area (Å²) >= 11 is 0. The summed E-state index contributed by atoms with van der Waals surface area (Å²) in [5.41, 5.74) is 4.66. The first-order valence-corrected chi connectivity index (χ1v) is 6.73. The number of oxime groups is 1. The van der Waals surface area contributed by atoms with Crippen molar-refractivity contribution in [3.63, 3.8) is 0 Å². The summed E-state index contributed by atoms with van der Waals surface area (Å²) in [6.07, 6.45) is 3.27. The number of hydrogen-bond donors (Lipinski definition) is 3. The highest BCUT2D eigenvalue weighted by atomic mass is 16.4. The zero-order valence-corrected chi connectivity index (χ0v) is 12.1. The van der Waals surface area contributed by atoms with Gasteiger partial charge in [0.25, 0.3) is 0 Å². The van der Waals surface area contributed by atoms with Crippen LogP contribution in [0.15, 0.2) is 15.8 Å². The normalized spacial score (nSPS) is 12.4. The Morgan fingerprint density at radius 1 is 1.50 bits per heavy atom. The van der Waals surface area contributed by atoms with Crippen LogP contribution < -0.4 is 11.1 Å². The number of aryl methyl sites for hydroxylation is 1. The van der Waals surface area contributed by atoms with E-state index in [1.54, 1.807) is 6.20 Å². The molecule has 1 heterocycles. The van der Waals surface area contributed by atoms with Gasteiger partial charge in [0.2, 0.25) is 11.8 Å². The minimum atomic E-state index is -1.01. The summed E-state index contributed by atoms with van der Waals surface area (Å²) in [7, 11) is 0. The van der Waals surface area contributed by atoms with E-state index in [9.17, 15) is 4.79 Å². The number of nitrogens with one attached hydrogen (secondary N) is 1. The van der Waals surface area contributed by atoms with Crippen molar-refractivity contribution in [3.05, 3.63) is 17.8 Å². The van der Waals surface area contributed by atoms with Crippen LogP contribution in [-0.4, -0.2) is 21.9 Å². The van der Waals surface area contributed by atoms with Gasteiger partial charge in [-0.2, -0.15) is 0 Å². The van der Waals surface area contributed by atoms with E-state index in [0.717, 1.165) is 12.2 Å². The number of hydrogen-bond acceptors (Lipinski definition) is 5. The number of amides is 1. The highest BCUT2D eigenvalue weighted by molar-refractivity contribution is 6.06. The highest BCUT2D eigenvalue weighted by Crippen LogP contribution is 2.27. The van der Waals surface area contributed by atoms with E-state index in [2.05, 4.69) is 15.5 Å². The van der Waals surface area contributed by atoms with E-state index in [0.29, 0.717) is 18.7 Å². The third kappa shape index (κ3) is 3.09. The van der Waals surface area contributed by atoms with Crippen molar-refractivity contribution >= 4 is 11.7 Å². The van der Waals surface area contributed by atoms with Gasteiger partial charge >= 0.3 is 0 Å². The lowest BCUT2D eigenvalue weighted by Crippen LogP contribution is -2.49. The Labute approximate surface area is 118 Å². The topological polar surface area (TPSA) is 114 Å². The predicted octanol–water partition coefficient (Wildman–Crippen LogP) is 1.41. The largest absolute Gasteiger partial charge is 0.444 e. The molecule has 0 aliphatic rings. The van der Waals surface area contributed by atoms with Gasteiger partial charge in [-0.25, -0.2) is 4.98 Å². The summed E-state index contributed by atoms with van der Waals surface area (Å²) in [6.45, 7) is 5.78. The van der Waals surface area contributed by atoms with Gasteiger partial charge < -0.3 is 20.7 Å². The Morgan fingerprint density at radius 2 is 2.15 bits per heavy atom. The van der Waals surface area contributed by atoms with Crippen LogP contribution in [0, 0.1) is 5.41 Å². The van der Waals surface area contributed by atoms with Crippen LogP contribution in [0.4, 0.5) is 0 Å². The Bertz CT molecular complexity index is 478. The Balaban J connectivity index is 2.77. The Hall–Kier alpha value is -2.05. The summed E-state index contributed by atoms with van der Waals surface area (Å²) in [5, 5.41) is 14.6. The van der Waals surface area contributed by atoms with Gasteiger partial charge in [0, 0.05) is 6.42 Å². The number of nitrogens with two attached hydrogens (primary N) is 1. The van der Waals surface area contributed by atoms with E-state index >= 15 is 0 Å². The average molecular weight is 282 g/mol. The molecular weight excluding hydrogens is 260 g/mol. The number of nitrogens with zero attached hydrogens (tertiary/aromatic N) is 2. The van der Waals surface area contributed by atoms with E-state index in [1.165, 1.54) is 0 Å². The molecule has 0 spiro atoms. The van der Waals surface area contributed by atoms with Crippen LogP contribution in [0.2, 0.25) is 0 Å². The van der Waals surface area contributed by atoms with Gasteiger partial charge in [-0.05, 0) is 12.8 Å². The molecular formula is C13H22N4O3. The van der Waals surface area contributed by atoms with Crippen molar-refractivity contribution in [2.75, 3.05) is 0 Å².